The fraction of sp³-hybridized carbons (Fsp3) is 0.120. The summed E-state index contributed by atoms with van der Waals surface area (Å²) in [6.45, 7) is 5.32. The highest BCUT2D eigenvalue weighted by Crippen LogP contribution is 2.29. The van der Waals surface area contributed by atoms with Gasteiger partial charge in [-0.15, -0.1) is 6.58 Å². The van der Waals surface area contributed by atoms with Crippen molar-refractivity contribution in [3.63, 3.8) is 0 Å². The molecule has 0 bridgehead atoms. The lowest BCUT2D eigenvalue weighted by molar-refractivity contribution is 0.669. The predicted octanol–water partition coefficient (Wildman–Crippen LogP) is 4.44. The van der Waals surface area contributed by atoms with Crippen LogP contribution in [0.5, 0.6) is 0 Å². The summed E-state index contributed by atoms with van der Waals surface area (Å²) in [5.74, 6) is 0.651. The predicted molar refractivity (Wildman–Crippen MR) is 125 cm³/mol. The Labute approximate surface area is 179 Å². The number of para-hydroxylation sites is 1. The number of nitrogens with one attached hydrogen (secondary N) is 2. The van der Waals surface area contributed by atoms with E-state index >= 15 is 0 Å². The molecule has 4 aromatic rings. The number of anilines is 1. The lowest BCUT2D eigenvalue weighted by Crippen LogP contribution is -2.28. The molecule has 0 unspecified atom stereocenters. The van der Waals surface area contributed by atoms with Crippen LogP contribution >= 0.6 is 0 Å². The lowest BCUT2D eigenvalue weighted by Gasteiger charge is -2.16. The number of hydrogen-bond donors (Lipinski definition) is 2. The Morgan fingerprint density at radius 3 is 2.90 bits per heavy atom. The van der Waals surface area contributed by atoms with Crippen LogP contribution in [0, 0.1) is 0 Å². The van der Waals surface area contributed by atoms with Crippen LogP contribution in [0.3, 0.4) is 0 Å². The fourth-order valence-electron chi connectivity index (χ4n) is 3.86. The average molecular weight is 410 g/mol. The number of furan rings is 1. The van der Waals surface area contributed by atoms with Crippen molar-refractivity contribution >= 4 is 33.2 Å². The Morgan fingerprint density at radius 1 is 1.19 bits per heavy atom. The molecule has 0 saturated carbocycles. The van der Waals surface area contributed by atoms with Gasteiger partial charge >= 0.3 is 0 Å². The first-order chi connectivity index (χ1) is 15.2. The summed E-state index contributed by atoms with van der Waals surface area (Å²) in [4.78, 5) is 17.7. The Hall–Kier alpha value is -4.06. The number of nitrogens with zero attached hydrogens (tertiary/aromatic N) is 2. The van der Waals surface area contributed by atoms with Gasteiger partial charge in [-0.05, 0) is 36.0 Å². The van der Waals surface area contributed by atoms with E-state index in [0.717, 1.165) is 33.1 Å². The second-order valence-corrected chi connectivity index (χ2v) is 7.41. The molecule has 0 saturated heterocycles. The van der Waals surface area contributed by atoms with Gasteiger partial charge in [0.15, 0.2) is 0 Å². The Balaban J connectivity index is 1.45. The number of dihydropyridines is 1. The number of allylic oxidation sites excluding steroid dienone is 3. The number of rotatable bonds is 6. The topological polar surface area (TPSA) is 72.1 Å². The Kier molecular flexibility index (Phi) is 4.88. The van der Waals surface area contributed by atoms with Gasteiger partial charge in [0.1, 0.15) is 22.7 Å². The van der Waals surface area contributed by atoms with E-state index in [-0.39, 0.29) is 5.56 Å². The SMILES string of the molecule is C=CCn1c(C2=CC=CNC2)ncc(NCc2ccc3oc4ccccc4c3c2)c1=O. The van der Waals surface area contributed by atoms with Crippen molar-refractivity contribution in [3.05, 3.63) is 101 Å². The molecule has 6 nitrogen and oxygen atoms in total. The number of fused-ring (bicyclic) bond motifs is 3. The molecule has 0 amide bonds. The van der Waals surface area contributed by atoms with Gasteiger partial charge in [-0.2, -0.15) is 0 Å². The minimum absolute atomic E-state index is 0.116. The zero-order chi connectivity index (χ0) is 21.2. The van der Waals surface area contributed by atoms with Crippen molar-refractivity contribution < 1.29 is 4.42 Å². The molecule has 2 N–H and O–H groups in total. The maximum absolute atomic E-state index is 13.1. The molecule has 2 aromatic heterocycles. The summed E-state index contributed by atoms with van der Waals surface area (Å²) in [6, 6.07) is 14.1. The van der Waals surface area contributed by atoms with Gasteiger partial charge in [0.05, 0.1) is 6.20 Å². The van der Waals surface area contributed by atoms with Crippen LogP contribution in [0.25, 0.3) is 27.5 Å². The summed E-state index contributed by atoms with van der Waals surface area (Å²) in [7, 11) is 0. The van der Waals surface area contributed by atoms with Crippen molar-refractivity contribution in [2.24, 2.45) is 0 Å². The highest BCUT2D eigenvalue weighted by Gasteiger charge is 2.14. The van der Waals surface area contributed by atoms with E-state index in [1.54, 1.807) is 16.8 Å². The third-order valence-electron chi connectivity index (χ3n) is 5.37. The maximum atomic E-state index is 13.1. The first kappa shape index (κ1) is 18.9. The average Bonchev–Trinajstić information content (AvgIpc) is 3.18. The third kappa shape index (κ3) is 3.53. The second-order valence-electron chi connectivity index (χ2n) is 7.41. The van der Waals surface area contributed by atoms with Crippen molar-refractivity contribution in [2.75, 3.05) is 11.9 Å². The van der Waals surface area contributed by atoms with Crippen LogP contribution in [0.1, 0.15) is 11.4 Å². The maximum Gasteiger partial charge on any atom is 0.277 e. The molecule has 3 heterocycles. The van der Waals surface area contributed by atoms with Crippen molar-refractivity contribution in [1.82, 2.24) is 14.9 Å². The second kappa shape index (κ2) is 7.99. The summed E-state index contributed by atoms with van der Waals surface area (Å²) >= 11 is 0. The molecule has 5 rings (SSSR count). The summed E-state index contributed by atoms with van der Waals surface area (Å²) in [5.41, 5.74) is 4.09. The van der Waals surface area contributed by atoms with E-state index in [9.17, 15) is 4.79 Å². The molecule has 0 atom stereocenters. The van der Waals surface area contributed by atoms with E-state index in [1.165, 1.54) is 0 Å². The first-order valence-corrected chi connectivity index (χ1v) is 10.2. The Morgan fingerprint density at radius 2 is 2.06 bits per heavy atom. The summed E-state index contributed by atoms with van der Waals surface area (Å²) in [6.07, 6.45) is 9.07. The molecule has 6 heteroatoms. The smallest absolute Gasteiger partial charge is 0.277 e. The van der Waals surface area contributed by atoms with E-state index in [0.29, 0.717) is 31.1 Å². The number of aromatic nitrogens is 2. The molecule has 0 aliphatic carbocycles. The zero-order valence-corrected chi connectivity index (χ0v) is 17.0. The largest absolute Gasteiger partial charge is 0.456 e. The normalized spacial score (nSPS) is 13.2. The molecular formula is C25H22N4O2. The van der Waals surface area contributed by atoms with Crippen LogP contribution in [-0.4, -0.2) is 16.1 Å². The zero-order valence-electron chi connectivity index (χ0n) is 17.0. The van der Waals surface area contributed by atoms with Gasteiger partial charge in [-0.3, -0.25) is 9.36 Å². The van der Waals surface area contributed by atoms with Gasteiger partial charge in [0.2, 0.25) is 0 Å². The highest BCUT2D eigenvalue weighted by molar-refractivity contribution is 6.04. The molecule has 1 aliphatic heterocycles. The molecule has 0 spiro atoms. The van der Waals surface area contributed by atoms with Crippen molar-refractivity contribution in [3.8, 4) is 0 Å². The third-order valence-corrected chi connectivity index (χ3v) is 5.37. The molecular weight excluding hydrogens is 388 g/mol. The van der Waals surface area contributed by atoms with Crippen LogP contribution in [0.4, 0.5) is 5.69 Å². The standard InChI is InChI=1S/C25H22N4O2/c1-2-12-29-24(18-6-5-11-26-15-18)28-16-21(25(29)30)27-14-17-9-10-23-20(13-17)19-7-3-4-8-22(19)31-23/h2-11,13,16,26-27H,1,12,14-15H2. The van der Waals surface area contributed by atoms with Crippen molar-refractivity contribution in [1.29, 1.82) is 0 Å². The molecule has 0 fully saturated rings. The minimum Gasteiger partial charge on any atom is -0.456 e. The van der Waals surface area contributed by atoms with Crippen LogP contribution in [0.15, 0.2) is 88.9 Å². The van der Waals surface area contributed by atoms with E-state index in [1.807, 2.05) is 48.7 Å². The van der Waals surface area contributed by atoms with Crippen molar-refractivity contribution in [2.45, 2.75) is 13.1 Å². The van der Waals surface area contributed by atoms with Gasteiger partial charge in [-0.25, -0.2) is 4.98 Å². The van der Waals surface area contributed by atoms with Gasteiger partial charge in [0.25, 0.3) is 5.56 Å². The summed E-state index contributed by atoms with van der Waals surface area (Å²) in [5, 5.41) is 8.56. The monoisotopic (exact) mass is 410 g/mol. The van der Waals surface area contributed by atoms with Crippen LogP contribution in [-0.2, 0) is 13.1 Å². The fourth-order valence-corrected chi connectivity index (χ4v) is 3.86. The Bertz CT molecular complexity index is 1410. The highest BCUT2D eigenvalue weighted by atomic mass is 16.3. The number of hydrogen-bond acceptors (Lipinski definition) is 5. The van der Waals surface area contributed by atoms with Gasteiger partial charge in [-0.1, -0.05) is 36.4 Å². The van der Waals surface area contributed by atoms with Gasteiger partial charge < -0.3 is 15.1 Å². The minimum atomic E-state index is -0.116. The molecule has 154 valence electrons. The first-order valence-electron chi connectivity index (χ1n) is 10.2. The molecule has 0 radical (unpaired) electrons. The van der Waals surface area contributed by atoms with Crippen LogP contribution in [0.2, 0.25) is 0 Å². The summed E-state index contributed by atoms with van der Waals surface area (Å²) < 4.78 is 7.54. The van der Waals surface area contributed by atoms with Crippen LogP contribution < -0.4 is 16.2 Å². The molecule has 1 aliphatic rings. The van der Waals surface area contributed by atoms with Gasteiger partial charge in [0, 0.05) is 36.0 Å². The quantitative estimate of drug-likeness (QED) is 0.460. The lowest BCUT2D eigenvalue weighted by atomic mass is 10.1. The van der Waals surface area contributed by atoms with E-state index in [4.69, 9.17) is 4.42 Å². The molecule has 2 aromatic carbocycles. The molecule has 31 heavy (non-hydrogen) atoms. The number of benzene rings is 2. The van der Waals surface area contributed by atoms with E-state index < -0.39 is 0 Å². The van der Waals surface area contributed by atoms with E-state index in [2.05, 4.69) is 34.3 Å².